The molecule has 1 aliphatic heterocycles. The predicted octanol–water partition coefficient (Wildman–Crippen LogP) is 7.63. The van der Waals surface area contributed by atoms with Crippen molar-refractivity contribution in [1.29, 1.82) is 5.26 Å². The predicted molar refractivity (Wildman–Crippen MR) is 160 cm³/mol. The van der Waals surface area contributed by atoms with E-state index in [1.54, 1.807) is 6.07 Å². The molecule has 1 atom stereocenters. The summed E-state index contributed by atoms with van der Waals surface area (Å²) in [5.41, 5.74) is 6.85. The van der Waals surface area contributed by atoms with E-state index >= 15 is 0 Å². The fraction of sp³-hybridized carbons (Fsp3) is 0.471. The van der Waals surface area contributed by atoms with Gasteiger partial charge < -0.3 is 4.90 Å². The van der Waals surface area contributed by atoms with E-state index in [9.17, 15) is 0 Å². The van der Waals surface area contributed by atoms with Gasteiger partial charge in [0.15, 0.2) is 0 Å². The fourth-order valence-corrected chi connectivity index (χ4v) is 6.40. The highest BCUT2D eigenvalue weighted by molar-refractivity contribution is 6.32. The van der Waals surface area contributed by atoms with Crippen molar-refractivity contribution in [2.24, 2.45) is 17.8 Å². The lowest BCUT2D eigenvalue weighted by Gasteiger charge is -2.35. The Morgan fingerprint density at radius 3 is 2.49 bits per heavy atom. The fourth-order valence-electron chi connectivity index (χ4n) is 6.18. The summed E-state index contributed by atoms with van der Waals surface area (Å²) < 4.78 is 2.04. The number of halogens is 1. The number of hydrogen-bond donors (Lipinski definition) is 0. The highest BCUT2D eigenvalue weighted by atomic mass is 35.5. The van der Waals surface area contributed by atoms with E-state index in [4.69, 9.17) is 22.0 Å². The van der Waals surface area contributed by atoms with Gasteiger partial charge in [-0.1, -0.05) is 48.6 Å². The molecule has 39 heavy (non-hydrogen) atoms. The summed E-state index contributed by atoms with van der Waals surface area (Å²) >= 11 is 6.27. The van der Waals surface area contributed by atoms with E-state index in [1.807, 2.05) is 16.8 Å². The van der Waals surface area contributed by atoms with Crippen molar-refractivity contribution in [2.75, 3.05) is 19.6 Å². The molecule has 2 heterocycles. The Labute approximate surface area is 239 Å². The number of nitriles is 1. The number of piperidine rings is 1. The van der Waals surface area contributed by atoms with Crippen LogP contribution < -0.4 is 0 Å². The lowest BCUT2D eigenvalue weighted by atomic mass is 9.81. The van der Waals surface area contributed by atoms with E-state index in [-0.39, 0.29) is 0 Å². The molecular weight excluding hydrogens is 500 g/mol. The van der Waals surface area contributed by atoms with Crippen molar-refractivity contribution in [1.82, 2.24) is 14.7 Å². The Bertz CT molecular complexity index is 1390. The summed E-state index contributed by atoms with van der Waals surface area (Å²) in [6, 6.07) is 16.2. The highest BCUT2D eigenvalue weighted by Crippen LogP contribution is 2.31. The Balaban J connectivity index is 1.16. The molecule has 2 aromatic carbocycles. The Morgan fingerprint density at radius 2 is 1.79 bits per heavy atom. The van der Waals surface area contributed by atoms with Crippen LogP contribution in [0.1, 0.15) is 73.4 Å². The number of hydrogen-bond acceptors (Lipinski definition) is 3. The van der Waals surface area contributed by atoms with Gasteiger partial charge in [-0.2, -0.15) is 10.4 Å². The van der Waals surface area contributed by atoms with E-state index in [1.165, 1.54) is 63.7 Å². The summed E-state index contributed by atoms with van der Waals surface area (Å²) in [6.07, 6.45) is 7.90. The molecule has 0 N–H and O–H groups in total. The van der Waals surface area contributed by atoms with Crippen LogP contribution >= 0.6 is 11.6 Å². The minimum Gasteiger partial charge on any atom is -0.303 e. The maximum absolute atomic E-state index is 9.17. The second kappa shape index (κ2) is 12.4. The number of benzene rings is 2. The van der Waals surface area contributed by atoms with Gasteiger partial charge >= 0.3 is 0 Å². The standard InChI is InChI=1S/C34H39ClN4/c1-24-5-4-18-38(21-24)22-29-12-8-27(9-13-29)6-7-28-10-14-30(15-11-28)23-39-26(3)25(2)34(37-39)31-16-17-32(20-36)33(35)19-31/h10-11,14-17,19,24,27,29H,4-5,8-9,12-13,18,21-23H2,1-3H3/t24?,27-,29-. The lowest BCUT2D eigenvalue weighted by Crippen LogP contribution is -2.38. The molecule has 4 nitrogen and oxygen atoms in total. The van der Waals surface area contributed by atoms with Gasteiger partial charge in [0, 0.05) is 35.8 Å². The molecule has 0 bridgehead atoms. The zero-order valence-electron chi connectivity index (χ0n) is 23.5. The summed E-state index contributed by atoms with van der Waals surface area (Å²) in [6.45, 7) is 11.2. The molecule has 1 aliphatic carbocycles. The van der Waals surface area contributed by atoms with Crippen molar-refractivity contribution in [2.45, 2.75) is 65.8 Å². The summed E-state index contributed by atoms with van der Waals surface area (Å²) in [7, 11) is 0. The zero-order chi connectivity index (χ0) is 27.4. The molecule has 1 saturated heterocycles. The Kier molecular flexibility index (Phi) is 8.76. The van der Waals surface area contributed by atoms with Gasteiger partial charge in [0.1, 0.15) is 6.07 Å². The molecule has 1 saturated carbocycles. The minimum atomic E-state index is 0.457. The van der Waals surface area contributed by atoms with Crippen LogP contribution in [-0.2, 0) is 6.54 Å². The van der Waals surface area contributed by atoms with E-state index < -0.39 is 0 Å². The quantitative estimate of drug-likeness (QED) is 0.314. The van der Waals surface area contributed by atoms with Crippen molar-refractivity contribution in [3.05, 3.63) is 75.4 Å². The van der Waals surface area contributed by atoms with Crippen LogP contribution in [0.2, 0.25) is 5.02 Å². The second-order valence-corrected chi connectivity index (χ2v) is 12.1. The lowest BCUT2D eigenvalue weighted by molar-refractivity contribution is 0.139. The van der Waals surface area contributed by atoms with Gasteiger partial charge in [-0.3, -0.25) is 4.68 Å². The van der Waals surface area contributed by atoms with E-state index in [0.717, 1.165) is 39.9 Å². The number of rotatable bonds is 5. The molecule has 2 aliphatic rings. The monoisotopic (exact) mass is 538 g/mol. The van der Waals surface area contributed by atoms with Crippen LogP contribution in [0.15, 0.2) is 42.5 Å². The molecule has 0 radical (unpaired) electrons. The molecule has 1 unspecified atom stereocenters. The largest absolute Gasteiger partial charge is 0.303 e. The smallest absolute Gasteiger partial charge is 0.101 e. The molecule has 1 aromatic heterocycles. The SMILES string of the molecule is Cc1c(-c2ccc(C#N)c(Cl)c2)nn(Cc2ccc(C#C[C@H]3CC[C@H](CN4CCCC(C)C4)CC3)cc2)c1C. The van der Waals surface area contributed by atoms with Crippen LogP contribution in [-0.4, -0.2) is 34.3 Å². The third-order valence-electron chi connectivity index (χ3n) is 8.68. The molecule has 5 rings (SSSR count). The molecule has 0 amide bonds. The maximum Gasteiger partial charge on any atom is 0.101 e. The van der Waals surface area contributed by atoms with Crippen molar-refractivity contribution in [3.63, 3.8) is 0 Å². The van der Waals surface area contributed by atoms with Crippen LogP contribution in [0.5, 0.6) is 0 Å². The average molecular weight is 539 g/mol. The number of likely N-dealkylation sites (tertiary alicyclic amines) is 1. The van der Waals surface area contributed by atoms with Crippen LogP contribution in [0.3, 0.4) is 0 Å². The van der Waals surface area contributed by atoms with Crippen molar-refractivity contribution >= 4 is 11.6 Å². The summed E-state index contributed by atoms with van der Waals surface area (Å²) in [4.78, 5) is 2.71. The average Bonchev–Trinajstić information content (AvgIpc) is 3.22. The first kappa shape index (κ1) is 27.5. The second-order valence-electron chi connectivity index (χ2n) is 11.7. The third kappa shape index (κ3) is 6.75. The van der Waals surface area contributed by atoms with E-state index in [0.29, 0.717) is 23.0 Å². The Hall–Kier alpha value is -3.05. The van der Waals surface area contributed by atoms with Crippen molar-refractivity contribution < 1.29 is 0 Å². The highest BCUT2D eigenvalue weighted by Gasteiger charge is 2.24. The number of nitrogens with zero attached hydrogens (tertiary/aromatic N) is 4. The van der Waals surface area contributed by atoms with Gasteiger partial charge in [0.05, 0.1) is 22.8 Å². The van der Waals surface area contributed by atoms with Gasteiger partial charge in [-0.05, 0) is 106 Å². The topological polar surface area (TPSA) is 44.9 Å². The van der Waals surface area contributed by atoms with Crippen LogP contribution in [0.25, 0.3) is 11.3 Å². The Morgan fingerprint density at radius 1 is 1.03 bits per heavy atom. The summed E-state index contributed by atoms with van der Waals surface area (Å²) in [5, 5.41) is 14.5. The third-order valence-corrected chi connectivity index (χ3v) is 8.99. The van der Waals surface area contributed by atoms with Crippen LogP contribution in [0.4, 0.5) is 0 Å². The maximum atomic E-state index is 9.17. The molecule has 5 heteroatoms. The molecule has 2 fully saturated rings. The molecule has 3 aromatic rings. The minimum absolute atomic E-state index is 0.457. The first-order chi connectivity index (χ1) is 18.9. The molecule has 0 spiro atoms. The van der Waals surface area contributed by atoms with Gasteiger partial charge in [-0.15, -0.1) is 0 Å². The molecule has 202 valence electrons. The van der Waals surface area contributed by atoms with Crippen LogP contribution in [0, 0.1) is 54.8 Å². The van der Waals surface area contributed by atoms with E-state index in [2.05, 4.69) is 67.8 Å². The number of aromatic nitrogens is 2. The normalized spacial score (nSPS) is 21.7. The van der Waals surface area contributed by atoms with Gasteiger partial charge in [-0.25, -0.2) is 0 Å². The first-order valence-electron chi connectivity index (χ1n) is 14.5. The molecular formula is C34H39ClN4. The van der Waals surface area contributed by atoms with Crippen molar-refractivity contribution in [3.8, 4) is 29.2 Å². The first-order valence-corrected chi connectivity index (χ1v) is 14.8. The zero-order valence-corrected chi connectivity index (χ0v) is 24.3. The summed E-state index contributed by atoms with van der Waals surface area (Å²) in [5.74, 6) is 9.28. The van der Waals surface area contributed by atoms with Gasteiger partial charge in [0.25, 0.3) is 0 Å². The van der Waals surface area contributed by atoms with Gasteiger partial charge in [0.2, 0.25) is 0 Å².